The van der Waals surface area contributed by atoms with Gasteiger partial charge in [-0.3, -0.25) is 4.79 Å². The first-order valence-corrected chi connectivity index (χ1v) is 4.32. The molecule has 15 heavy (non-hydrogen) atoms. The van der Waals surface area contributed by atoms with Crippen LogP contribution in [0.1, 0.15) is 19.2 Å². The van der Waals surface area contributed by atoms with Crippen molar-refractivity contribution in [3.63, 3.8) is 0 Å². The van der Waals surface area contributed by atoms with E-state index in [1.54, 1.807) is 0 Å². The molecular weight excluding hydrogens is 202 g/mol. The Morgan fingerprint density at radius 3 is 2.80 bits per heavy atom. The molecule has 0 bridgehead atoms. The molecule has 0 fully saturated rings. The predicted octanol–water partition coefficient (Wildman–Crippen LogP) is -1.28. The van der Waals surface area contributed by atoms with Crippen molar-refractivity contribution in [1.82, 2.24) is 25.9 Å². The van der Waals surface area contributed by atoms with Gasteiger partial charge in [0.15, 0.2) is 5.82 Å². The molecule has 0 spiro atoms. The first kappa shape index (κ1) is 11.1. The molecule has 0 aliphatic rings. The van der Waals surface area contributed by atoms with Crippen LogP contribution in [0, 0.1) is 0 Å². The number of aryl methyl sites for hydroxylation is 1. The van der Waals surface area contributed by atoms with Gasteiger partial charge in [-0.05, 0) is 6.42 Å². The molecule has 0 saturated carbocycles. The van der Waals surface area contributed by atoms with E-state index in [0.717, 1.165) is 0 Å². The second kappa shape index (κ2) is 5.03. The van der Waals surface area contributed by atoms with Gasteiger partial charge >= 0.3 is 5.97 Å². The number of carboxylic acid groups (broad SMARTS) is 1. The van der Waals surface area contributed by atoms with Gasteiger partial charge in [0, 0.05) is 13.3 Å². The largest absolute Gasteiger partial charge is 0.480 e. The Hall–Kier alpha value is -1.99. The average molecular weight is 213 g/mol. The molecule has 0 aromatic carbocycles. The van der Waals surface area contributed by atoms with Crippen molar-refractivity contribution in [1.29, 1.82) is 0 Å². The summed E-state index contributed by atoms with van der Waals surface area (Å²) in [5.41, 5.74) is 0. The van der Waals surface area contributed by atoms with E-state index in [2.05, 4.69) is 25.9 Å². The molecule has 1 atom stereocenters. The summed E-state index contributed by atoms with van der Waals surface area (Å²) >= 11 is 0. The fraction of sp³-hybridized carbons (Fsp3) is 0.571. The summed E-state index contributed by atoms with van der Waals surface area (Å²) in [5.74, 6) is -1.03. The van der Waals surface area contributed by atoms with E-state index in [0.29, 0.717) is 12.2 Å². The SMILES string of the molecule is CC(=O)N[C@@H](CCc1nn[nH]n1)C(=O)O. The zero-order valence-corrected chi connectivity index (χ0v) is 8.10. The van der Waals surface area contributed by atoms with Crippen LogP contribution in [0.3, 0.4) is 0 Å². The van der Waals surface area contributed by atoms with Gasteiger partial charge in [0.2, 0.25) is 5.91 Å². The third kappa shape index (κ3) is 3.71. The van der Waals surface area contributed by atoms with E-state index < -0.39 is 12.0 Å². The smallest absolute Gasteiger partial charge is 0.326 e. The minimum Gasteiger partial charge on any atom is -0.480 e. The van der Waals surface area contributed by atoms with Gasteiger partial charge in [-0.2, -0.15) is 5.21 Å². The van der Waals surface area contributed by atoms with Crippen LogP contribution in [0.15, 0.2) is 0 Å². The lowest BCUT2D eigenvalue weighted by Crippen LogP contribution is -2.39. The number of aromatic nitrogens is 4. The van der Waals surface area contributed by atoms with E-state index in [1.807, 2.05) is 0 Å². The number of tetrazole rings is 1. The molecule has 82 valence electrons. The van der Waals surface area contributed by atoms with E-state index in [4.69, 9.17) is 5.11 Å². The number of amides is 1. The van der Waals surface area contributed by atoms with Gasteiger partial charge in [0.25, 0.3) is 0 Å². The molecular formula is C7H11N5O3. The van der Waals surface area contributed by atoms with Crippen LogP contribution < -0.4 is 5.32 Å². The van der Waals surface area contributed by atoms with Crippen LogP contribution >= 0.6 is 0 Å². The van der Waals surface area contributed by atoms with Gasteiger partial charge < -0.3 is 10.4 Å². The molecule has 8 nitrogen and oxygen atoms in total. The average Bonchev–Trinajstić information content (AvgIpc) is 2.63. The number of aromatic amines is 1. The molecule has 0 aliphatic carbocycles. The van der Waals surface area contributed by atoms with Crippen molar-refractivity contribution in [2.45, 2.75) is 25.8 Å². The van der Waals surface area contributed by atoms with Crippen molar-refractivity contribution in [2.24, 2.45) is 0 Å². The molecule has 1 aromatic rings. The summed E-state index contributed by atoms with van der Waals surface area (Å²) in [7, 11) is 0. The number of nitrogens with zero attached hydrogens (tertiary/aromatic N) is 3. The minimum atomic E-state index is -1.08. The molecule has 3 N–H and O–H groups in total. The predicted molar refractivity (Wildman–Crippen MR) is 47.7 cm³/mol. The molecule has 0 saturated heterocycles. The Bertz CT molecular complexity index is 336. The monoisotopic (exact) mass is 213 g/mol. The fourth-order valence-electron chi connectivity index (χ4n) is 1.06. The van der Waals surface area contributed by atoms with Gasteiger partial charge in [0.05, 0.1) is 0 Å². The minimum absolute atomic E-state index is 0.231. The molecule has 0 unspecified atom stereocenters. The lowest BCUT2D eigenvalue weighted by Gasteiger charge is -2.11. The Balaban J connectivity index is 2.45. The van der Waals surface area contributed by atoms with Crippen LogP contribution in [0.2, 0.25) is 0 Å². The highest BCUT2D eigenvalue weighted by molar-refractivity contribution is 5.81. The molecule has 1 amide bonds. The first-order valence-electron chi connectivity index (χ1n) is 4.32. The summed E-state index contributed by atoms with van der Waals surface area (Å²) in [6, 6.07) is -0.916. The second-order valence-electron chi connectivity index (χ2n) is 2.96. The summed E-state index contributed by atoms with van der Waals surface area (Å²) < 4.78 is 0. The third-order valence-electron chi connectivity index (χ3n) is 1.72. The summed E-state index contributed by atoms with van der Waals surface area (Å²) in [4.78, 5) is 21.4. The van der Waals surface area contributed by atoms with E-state index in [1.165, 1.54) is 6.92 Å². The number of rotatable bonds is 5. The van der Waals surface area contributed by atoms with Gasteiger partial charge in [-0.1, -0.05) is 5.21 Å². The number of carboxylic acids is 1. The molecule has 8 heteroatoms. The molecule has 1 aromatic heterocycles. The highest BCUT2D eigenvalue weighted by Gasteiger charge is 2.18. The van der Waals surface area contributed by atoms with Crippen LogP contribution in [-0.2, 0) is 16.0 Å². The summed E-state index contributed by atoms with van der Waals surface area (Å²) in [6.45, 7) is 1.27. The van der Waals surface area contributed by atoms with Crippen molar-refractivity contribution in [2.75, 3.05) is 0 Å². The Morgan fingerprint density at radius 2 is 2.33 bits per heavy atom. The maximum Gasteiger partial charge on any atom is 0.326 e. The maximum absolute atomic E-state index is 10.7. The fourth-order valence-corrected chi connectivity index (χ4v) is 1.06. The topological polar surface area (TPSA) is 121 Å². The molecule has 1 rings (SSSR count). The number of carbonyl (C=O) groups is 2. The maximum atomic E-state index is 10.7. The van der Waals surface area contributed by atoms with Gasteiger partial charge in [-0.15, -0.1) is 10.2 Å². The zero-order chi connectivity index (χ0) is 11.3. The molecule has 1 heterocycles. The number of hydrogen-bond donors (Lipinski definition) is 3. The number of hydrogen-bond acceptors (Lipinski definition) is 5. The van der Waals surface area contributed by atoms with E-state index >= 15 is 0 Å². The van der Waals surface area contributed by atoms with Crippen LogP contribution in [-0.4, -0.2) is 43.6 Å². The number of H-pyrrole nitrogens is 1. The van der Waals surface area contributed by atoms with E-state index in [9.17, 15) is 9.59 Å². The third-order valence-corrected chi connectivity index (χ3v) is 1.72. The van der Waals surface area contributed by atoms with Crippen LogP contribution in [0.4, 0.5) is 0 Å². The first-order chi connectivity index (χ1) is 7.09. The van der Waals surface area contributed by atoms with Crippen molar-refractivity contribution in [3.8, 4) is 0 Å². The quantitative estimate of drug-likeness (QED) is 0.560. The van der Waals surface area contributed by atoms with Crippen molar-refractivity contribution < 1.29 is 14.7 Å². The van der Waals surface area contributed by atoms with E-state index in [-0.39, 0.29) is 12.3 Å². The second-order valence-corrected chi connectivity index (χ2v) is 2.96. The van der Waals surface area contributed by atoms with Crippen molar-refractivity contribution in [3.05, 3.63) is 5.82 Å². The highest BCUT2D eigenvalue weighted by atomic mass is 16.4. The van der Waals surface area contributed by atoms with Crippen molar-refractivity contribution >= 4 is 11.9 Å². The highest BCUT2D eigenvalue weighted by Crippen LogP contribution is 1.98. The van der Waals surface area contributed by atoms with Crippen LogP contribution in [0.5, 0.6) is 0 Å². The zero-order valence-electron chi connectivity index (χ0n) is 8.10. The lowest BCUT2D eigenvalue weighted by molar-refractivity contribution is -0.141. The Labute approximate surface area is 85.1 Å². The Morgan fingerprint density at radius 1 is 1.60 bits per heavy atom. The molecule has 0 aliphatic heterocycles. The normalized spacial score (nSPS) is 12.1. The number of aliphatic carboxylic acids is 1. The summed E-state index contributed by atoms with van der Waals surface area (Å²) in [5, 5.41) is 24.0. The summed E-state index contributed by atoms with van der Waals surface area (Å²) in [6.07, 6.45) is 0.572. The number of nitrogens with one attached hydrogen (secondary N) is 2. The van der Waals surface area contributed by atoms with Gasteiger partial charge in [0.1, 0.15) is 6.04 Å². The Kier molecular flexibility index (Phi) is 3.72. The van der Waals surface area contributed by atoms with Crippen LogP contribution in [0.25, 0.3) is 0 Å². The van der Waals surface area contributed by atoms with Gasteiger partial charge in [-0.25, -0.2) is 4.79 Å². The number of carbonyl (C=O) groups excluding carboxylic acids is 1. The molecule has 0 radical (unpaired) electrons. The lowest BCUT2D eigenvalue weighted by atomic mass is 10.1. The standard InChI is InChI=1S/C7H11N5O3/c1-4(13)8-5(7(14)15)2-3-6-9-11-12-10-6/h5H,2-3H2,1H3,(H,8,13)(H,14,15)(H,9,10,11,12)/t5-/m0/s1.